The Morgan fingerprint density at radius 3 is 2.05 bits per heavy atom. The van der Waals surface area contributed by atoms with Crippen molar-refractivity contribution in [3.05, 3.63) is 35.4 Å². The van der Waals surface area contributed by atoms with Crippen molar-refractivity contribution in [3.8, 4) is 0 Å². The lowest BCUT2D eigenvalue weighted by atomic mass is 10.1. The van der Waals surface area contributed by atoms with Crippen LogP contribution in [0.5, 0.6) is 0 Å². The Bertz CT molecular complexity index is 474. The van der Waals surface area contributed by atoms with Gasteiger partial charge in [0.05, 0.1) is 0 Å². The van der Waals surface area contributed by atoms with E-state index in [-0.39, 0.29) is 11.8 Å². The lowest BCUT2D eigenvalue weighted by molar-refractivity contribution is -0.130. The molecule has 1 aliphatic heterocycles. The Hall–Kier alpha value is -1.84. The third kappa shape index (κ3) is 3.38. The summed E-state index contributed by atoms with van der Waals surface area (Å²) in [6.45, 7) is 6.23. The van der Waals surface area contributed by atoms with Crippen molar-refractivity contribution in [3.63, 3.8) is 0 Å². The van der Waals surface area contributed by atoms with Crippen LogP contribution in [0, 0.1) is 0 Å². The fourth-order valence-electron chi connectivity index (χ4n) is 2.51. The van der Waals surface area contributed by atoms with Gasteiger partial charge in [-0.25, -0.2) is 0 Å². The molecule has 108 valence electrons. The predicted molar refractivity (Wildman–Crippen MR) is 78.6 cm³/mol. The monoisotopic (exact) mass is 274 g/mol. The maximum Gasteiger partial charge on any atom is 0.253 e. The SMILES string of the molecule is CCCc1ccc(C(=O)N2CCN(C(C)=O)CC2)cc1. The number of rotatable bonds is 3. The molecule has 1 fully saturated rings. The summed E-state index contributed by atoms with van der Waals surface area (Å²) in [7, 11) is 0. The normalized spacial score (nSPS) is 15.3. The third-order valence-corrected chi connectivity index (χ3v) is 3.75. The molecule has 0 unspecified atom stereocenters. The van der Waals surface area contributed by atoms with Gasteiger partial charge in [0.15, 0.2) is 0 Å². The molecule has 2 rings (SSSR count). The maximum atomic E-state index is 12.4. The summed E-state index contributed by atoms with van der Waals surface area (Å²) in [5.74, 6) is 0.150. The number of benzene rings is 1. The molecule has 0 atom stereocenters. The van der Waals surface area contributed by atoms with Gasteiger partial charge < -0.3 is 9.80 Å². The zero-order valence-electron chi connectivity index (χ0n) is 12.3. The number of nitrogens with zero attached hydrogens (tertiary/aromatic N) is 2. The number of piperazine rings is 1. The number of hydrogen-bond donors (Lipinski definition) is 0. The van der Waals surface area contributed by atoms with E-state index >= 15 is 0 Å². The van der Waals surface area contributed by atoms with Gasteiger partial charge in [-0.05, 0) is 24.1 Å². The summed E-state index contributed by atoms with van der Waals surface area (Å²) >= 11 is 0. The molecule has 1 aromatic carbocycles. The fourth-order valence-corrected chi connectivity index (χ4v) is 2.51. The minimum atomic E-state index is 0.0660. The molecule has 1 saturated heterocycles. The van der Waals surface area contributed by atoms with Crippen LogP contribution in [0.2, 0.25) is 0 Å². The van der Waals surface area contributed by atoms with Crippen LogP contribution in [0.3, 0.4) is 0 Å². The van der Waals surface area contributed by atoms with E-state index in [2.05, 4.69) is 6.92 Å². The maximum absolute atomic E-state index is 12.4. The van der Waals surface area contributed by atoms with Crippen molar-refractivity contribution in [1.82, 2.24) is 9.80 Å². The molecular formula is C16H22N2O2. The van der Waals surface area contributed by atoms with E-state index in [0.717, 1.165) is 18.4 Å². The first kappa shape index (κ1) is 14.6. The molecular weight excluding hydrogens is 252 g/mol. The van der Waals surface area contributed by atoms with E-state index < -0.39 is 0 Å². The lowest BCUT2D eigenvalue weighted by Gasteiger charge is -2.34. The van der Waals surface area contributed by atoms with Crippen molar-refractivity contribution >= 4 is 11.8 Å². The zero-order valence-corrected chi connectivity index (χ0v) is 12.3. The van der Waals surface area contributed by atoms with Crippen molar-refractivity contribution in [2.45, 2.75) is 26.7 Å². The van der Waals surface area contributed by atoms with E-state index in [0.29, 0.717) is 26.2 Å². The van der Waals surface area contributed by atoms with Gasteiger partial charge in [-0.1, -0.05) is 25.5 Å². The molecule has 4 nitrogen and oxygen atoms in total. The fraction of sp³-hybridized carbons (Fsp3) is 0.500. The molecule has 1 heterocycles. The second kappa shape index (κ2) is 6.55. The molecule has 0 N–H and O–H groups in total. The minimum absolute atomic E-state index is 0.0660. The average Bonchev–Trinajstić information content (AvgIpc) is 2.48. The van der Waals surface area contributed by atoms with E-state index in [1.165, 1.54) is 5.56 Å². The number of hydrogen-bond acceptors (Lipinski definition) is 2. The molecule has 1 aliphatic rings. The van der Waals surface area contributed by atoms with Gasteiger partial charge in [-0.3, -0.25) is 9.59 Å². The van der Waals surface area contributed by atoms with Gasteiger partial charge in [0.2, 0.25) is 5.91 Å². The van der Waals surface area contributed by atoms with Crippen molar-refractivity contribution in [2.24, 2.45) is 0 Å². The highest BCUT2D eigenvalue weighted by molar-refractivity contribution is 5.94. The van der Waals surface area contributed by atoms with Gasteiger partial charge in [0.25, 0.3) is 5.91 Å². The second-order valence-electron chi connectivity index (χ2n) is 5.25. The topological polar surface area (TPSA) is 40.6 Å². The second-order valence-corrected chi connectivity index (χ2v) is 5.25. The summed E-state index contributed by atoms with van der Waals surface area (Å²) in [6.07, 6.45) is 2.16. The van der Waals surface area contributed by atoms with Gasteiger partial charge in [0.1, 0.15) is 0 Å². The lowest BCUT2D eigenvalue weighted by Crippen LogP contribution is -2.50. The van der Waals surface area contributed by atoms with Crippen LogP contribution in [0.4, 0.5) is 0 Å². The number of amides is 2. The van der Waals surface area contributed by atoms with E-state index in [1.54, 1.807) is 11.8 Å². The average molecular weight is 274 g/mol. The van der Waals surface area contributed by atoms with Gasteiger partial charge in [0, 0.05) is 38.7 Å². The first-order chi connectivity index (χ1) is 9.61. The highest BCUT2D eigenvalue weighted by atomic mass is 16.2. The molecule has 0 saturated carbocycles. The van der Waals surface area contributed by atoms with Crippen LogP contribution in [-0.2, 0) is 11.2 Å². The van der Waals surface area contributed by atoms with Crippen molar-refractivity contribution in [2.75, 3.05) is 26.2 Å². The van der Waals surface area contributed by atoms with Gasteiger partial charge >= 0.3 is 0 Å². The van der Waals surface area contributed by atoms with Crippen LogP contribution >= 0.6 is 0 Å². The molecule has 20 heavy (non-hydrogen) atoms. The molecule has 4 heteroatoms. The Balaban J connectivity index is 1.96. The molecule has 0 aromatic heterocycles. The Kier molecular flexibility index (Phi) is 4.77. The zero-order chi connectivity index (χ0) is 14.5. The number of aryl methyl sites for hydroxylation is 1. The highest BCUT2D eigenvalue weighted by Crippen LogP contribution is 2.11. The molecule has 2 amide bonds. The summed E-state index contributed by atoms with van der Waals surface area (Å²) in [5.41, 5.74) is 2.01. The van der Waals surface area contributed by atoms with Crippen LogP contribution in [0.1, 0.15) is 36.2 Å². The highest BCUT2D eigenvalue weighted by Gasteiger charge is 2.22. The molecule has 0 spiro atoms. The van der Waals surface area contributed by atoms with E-state index in [4.69, 9.17) is 0 Å². The summed E-state index contributed by atoms with van der Waals surface area (Å²) in [4.78, 5) is 27.2. The van der Waals surface area contributed by atoms with Crippen LogP contribution < -0.4 is 0 Å². The Morgan fingerprint density at radius 2 is 1.55 bits per heavy atom. The van der Waals surface area contributed by atoms with Gasteiger partial charge in [-0.2, -0.15) is 0 Å². The van der Waals surface area contributed by atoms with Crippen LogP contribution in [0.25, 0.3) is 0 Å². The first-order valence-electron chi connectivity index (χ1n) is 7.25. The summed E-state index contributed by atoms with van der Waals surface area (Å²) in [6, 6.07) is 7.88. The third-order valence-electron chi connectivity index (χ3n) is 3.75. The molecule has 1 aromatic rings. The smallest absolute Gasteiger partial charge is 0.253 e. The molecule has 0 radical (unpaired) electrons. The van der Waals surface area contributed by atoms with Crippen LogP contribution in [-0.4, -0.2) is 47.8 Å². The summed E-state index contributed by atoms with van der Waals surface area (Å²) < 4.78 is 0. The number of carbonyl (C=O) groups excluding carboxylic acids is 2. The van der Waals surface area contributed by atoms with Crippen molar-refractivity contribution < 1.29 is 9.59 Å². The van der Waals surface area contributed by atoms with Gasteiger partial charge in [-0.15, -0.1) is 0 Å². The van der Waals surface area contributed by atoms with Crippen LogP contribution in [0.15, 0.2) is 24.3 Å². The van der Waals surface area contributed by atoms with E-state index in [1.807, 2.05) is 29.2 Å². The van der Waals surface area contributed by atoms with Crippen molar-refractivity contribution in [1.29, 1.82) is 0 Å². The quantitative estimate of drug-likeness (QED) is 0.845. The largest absolute Gasteiger partial charge is 0.339 e. The number of carbonyl (C=O) groups is 2. The van der Waals surface area contributed by atoms with E-state index in [9.17, 15) is 9.59 Å². The molecule has 0 bridgehead atoms. The summed E-state index contributed by atoms with van der Waals surface area (Å²) in [5, 5.41) is 0. The Morgan fingerprint density at radius 1 is 1.00 bits per heavy atom. The standard InChI is InChI=1S/C16H22N2O2/c1-3-4-14-5-7-15(8-6-14)16(20)18-11-9-17(10-12-18)13(2)19/h5-8H,3-4,9-12H2,1-2H3. The Labute approximate surface area is 120 Å². The first-order valence-corrected chi connectivity index (χ1v) is 7.25. The predicted octanol–water partition coefficient (Wildman–Crippen LogP) is 1.94. The minimum Gasteiger partial charge on any atom is -0.339 e. The molecule has 0 aliphatic carbocycles.